The molecular formula is C13H15ClO2. The monoisotopic (exact) mass is 238 g/mol. The highest BCUT2D eigenvalue weighted by atomic mass is 35.5. The van der Waals surface area contributed by atoms with E-state index in [0.29, 0.717) is 17.9 Å². The van der Waals surface area contributed by atoms with E-state index >= 15 is 0 Å². The highest BCUT2D eigenvalue weighted by Gasteiger charge is 2.19. The molecule has 1 aliphatic heterocycles. The van der Waals surface area contributed by atoms with Crippen molar-refractivity contribution in [3.63, 3.8) is 0 Å². The third-order valence-corrected chi connectivity index (χ3v) is 3.19. The van der Waals surface area contributed by atoms with Gasteiger partial charge in [-0.2, -0.15) is 0 Å². The molecule has 1 aromatic carbocycles. The van der Waals surface area contributed by atoms with Gasteiger partial charge in [0.05, 0.1) is 6.10 Å². The Morgan fingerprint density at radius 2 is 2.25 bits per heavy atom. The molecule has 1 aliphatic rings. The summed E-state index contributed by atoms with van der Waals surface area (Å²) in [5, 5.41) is 0.670. The van der Waals surface area contributed by atoms with Crippen LogP contribution in [0.3, 0.4) is 0 Å². The standard InChI is InChI=1S/C13H15ClO2/c14-13-6-2-1-4-10(13)8-11(15)9-12-5-3-7-16-12/h1-2,4,6,12H,3,5,7-9H2. The molecular weight excluding hydrogens is 224 g/mol. The van der Waals surface area contributed by atoms with E-state index in [2.05, 4.69) is 0 Å². The number of halogens is 1. The summed E-state index contributed by atoms with van der Waals surface area (Å²) in [5.74, 6) is 0.208. The summed E-state index contributed by atoms with van der Waals surface area (Å²) in [4.78, 5) is 11.8. The Morgan fingerprint density at radius 3 is 2.94 bits per heavy atom. The molecule has 0 N–H and O–H groups in total. The van der Waals surface area contributed by atoms with E-state index in [1.807, 2.05) is 24.3 Å². The van der Waals surface area contributed by atoms with Crippen molar-refractivity contribution >= 4 is 17.4 Å². The third kappa shape index (κ3) is 3.06. The minimum Gasteiger partial charge on any atom is -0.378 e. The maximum atomic E-state index is 11.8. The molecule has 16 heavy (non-hydrogen) atoms. The van der Waals surface area contributed by atoms with Crippen molar-refractivity contribution in [2.24, 2.45) is 0 Å². The number of ether oxygens (including phenoxy) is 1. The largest absolute Gasteiger partial charge is 0.378 e. The van der Waals surface area contributed by atoms with Crippen LogP contribution in [-0.2, 0) is 16.0 Å². The van der Waals surface area contributed by atoms with Crippen LogP contribution >= 0.6 is 11.6 Å². The summed E-state index contributed by atoms with van der Waals surface area (Å²) in [6.07, 6.45) is 3.15. The minimum absolute atomic E-state index is 0.134. The van der Waals surface area contributed by atoms with Gasteiger partial charge in [-0.05, 0) is 24.5 Å². The number of benzene rings is 1. The van der Waals surface area contributed by atoms with Gasteiger partial charge in [-0.1, -0.05) is 29.8 Å². The molecule has 0 radical (unpaired) electrons. The van der Waals surface area contributed by atoms with Crippen LogP contribution in [0.15, 0.2) is 24.3 Å². The fourth-order valence-electron chi connectivity index (χ4n) is 1.99. The molecule has 2 rings (SSSR count). The molecule has 0 saturated carbocycles. The smallest absolute Gasteiger partial charge is 0.139 e. The zero-order chi connectivity index (χ0) is 11.4. The quantitative estimate of drug-likeness (QED) is 0.806. The van der Waals surface area contributed by atoms with Crippen molar-refractivity contribution in [2.45, 2.75) is 31.8 Å². The van der Waals surface area contributed by atoms with E-state index in [4.69, 9.17) is 16.3 Å². The molecule has 0 aliphatic carbocycles. The van der Waals surface area contributed by atoms with Gasteiger partial charge in [-0.15, -0.1) is 0 Å². The number of ketones is 1. The number of hydrogen-bond donors (Lipinski definition) is 0. The molecule has 0 spiro atoms. The van der Waals surface area contributed by atoms with Gasteiger partial charge in [0, 0.05) is 24.5 Å². The van der Waals surface area contributed by atoms with Crippen LogP contribution in [0.1, 0.15) is 24.8 Å². The van der Waals surface area contributed by atoms with Crippen molar-refractivity contribution in [3.05, 3.63) is 34.9 Å². The second-order valence-electron chi connectivity index (χ2n) is 4.15. The number of Topliss-reactive ketones (excluding diaryl/α,β-unsaturated/α-hetero) is 1. The van der Waals surface area contributed by atoms with E-state index in [0.717, 1.165) is 25.0 Å². The van der Waals surface area contributed by atoms with Crippen LogP contribution in [0.4, 0.5) is 0 Å². The Labute approximate surface area is 101 Å². The minimum atomic E-state index is 0.134. The number of carbonyl (C=O) groups excluding carboxylic acids is 1. The van der Waals surface area contributed by atoms with Crippen molar-refractivity contribution in [1.82, 2.24) is 0 Å². The summed E-state index contributed by atoms with van der Waals surface area (Å²) >= 11 is 6.00. The topological polar surface area (TPSA) is 26.3 Å². The molecule has 0 bridgehead atoms. The van der Waals surface area contributed by atoms with Gasteiger partial charge in [0.1, 0.15) is 5.78 Å². The van der Waals surface area contributed by atoms with Gasteiger partial charge in [-0.3, -0.25) is 4.79 Å². The van der Waals surface area contributed by atoms with Crippen LogP contribution in [-0.4, -0.2) is 18.5 Å². The van der Waals surface area contributed by atoms with Gasteiger partial charge in [-0.25, -0.2) is 0 Å². The van der Waals surface area contributed by atoms with Crippen LogP contribution in [0.2, 0.25) is 5.02 Å². The predicted octanol–water partition coefficient (Wildman–Crippen LogP) is 3.02. The lowest BCUT2D eigenvalue weighted by atomic mass is 10.0. The van der Waals surface area contributed by atoms with E-state index in [1.165, 1.54) is 0 Å². The summed E-state index contributed by atoms with van der Waals surface area (Å²) < 4.78 is 5.44. The van der Waals surface area contributed by atoms with Gasteiger partial charge in [0.2, 0.25) is 0 Å². The molecule has 2 nitrogen and oxygen atoms in total. The Morgan fingerprint density at radius 1 is 1.44 bits per heavy atom. The first kappa shape index (κ1) is 11.6. The molecule has 1 unspecified atom stereocenters. The molecule has 1 atom stereocenters. The SMILES string of the molecule is O=C(Cc1ccccc1Cl)CC1CCCO1. The molecule has 1 saturated heterocycles. The summed E-state index contributed by atoms with van der Waals surface area (Å²) in [6.45, 7) is 0.796. The summed E-state index contributed by atoms with van der Waals surface area (Å²) in [5.41, 5.74) is 0.909. The van der Waals surface area contributed by atoms with Crippen molar-refractivity contribution < 1.29 is 9.53 Å². The Balaban J connectivity index is 1.89. The Hall–Kier alpha value is -0.860. The first-order valence-corrected chi connectivity index (χ1v) is 6.00. The van der Waals surface area contributed by atoms with Gasteiger partial charge in [0.25, 0.3) is 0 Å². The van der Waals surface area contributed by atoms with Crippen molar-refractivity contribution in [1.29, 1.82) is 0 Å². The van der Waals surface area contributed by atoms with E-state index < -0.39 is 0 Å². The normalized spacial score (nSPS) is 19.9. The highest BCUT2D eigenvalue weighted by molar-refractivity contribution is 6.31. The van der Waals surface area contributed by atoms with Gasteiger partial charge < -0.3 is 4.74 Å². The zero-order valence-corrected chi connectivity index (χ0v) is 9.87. The van der Waals surface area contributed by atoms with E-state index in [-0.39, 0.29) is 11.9 Å². The molecule has 86 valence electrons. The number of rotatable bonds is 4. The van der Waals surface area contributed by atoms with Crippen LogP contribution in [0.5, 0.6) is 0 Å². The fourth-order valence-corrected chi connectivity index (χ4v) is 2.19. The van der Waals surface area contributed by atoms with Crippen LogP contribution in [0, 0.1) is 0 Å². The average molecular weight is 239 g/mol. The predicted molar refractivity (Wildman–Crippen MR) is 63.8 cm³/mol. The van der Waals surface area contributed by atoms with Crippen molar-refractivity contribution in [3.8, 4) is 0 Å². The highest BCUT2D eigenvalue weighted by Crippen LogP contribution is 2.19. The Bertz CT molecular complexity index is 370. The second kappa shape index (κ2) is 5.46. The maximum absolute atomic E-state index is 11.8. The number of hydrogen-bond acceptors (Lipinski definition) is 2. The fraction of sp³-hybridized carbons (Fsp3) is 0.462. The van der Waals surface area contributed by atoms with Gasteiger partial charge in [0.15, 0.2) is 0 Å². The lowest BCUT2D eigenvalue weighted by Gasteiger charge is -2.08. The summed E-state index contributed by atoms with van der Waals surface area (Å²) in [7, 11) is 0. The average Bonchev–Trinajstić information content (AvgIpc) is 2.74. The Kier molecular flexibility index (Phi) is 3.97. The van der Waals surface area contributed by atoms with E-state index in [9.17, 15) is 4.79 Å². The molecule has 1 heterocycles. The van der Waals surface area contributed by atoms with Crippen LogP contribution < -0.4 is 0 Å². The maximum Gasteiger partial charge on any atom is 0.139 e. The first-order chi connectivity index (χ1) is 7.75. The van der Waals surface area contributed by atoms with Crippen LogP contribution in [0.25, 0.3) is 0 Å². The lowest BCUT2D eigenvalue weighted by molar-refractivity contribution is -0.120. The molecule has 0 amide bonds. The molecule has 1 aromatic rings. The lowest BCUT2D eigenvalue weighted by Crippen LogP contribution is -2.14. The van der Waals surface area contributed by atoms with E-state index in [1.54, 1.807) is 0 Å². The third-order valence-electron chi connectivity index (χ3n) is 2.82. The first-order valence-electron chi connectivity index (χ1n) is 5.62. The van der Waals surface area contributed by atoms with Crippen molar-refractivity contribution in [2.75, 3.05) is 6.61 Å². The second-order valence-corrected chi connectivity index (χ2v) is 4.55. The molecule has 3 heteroatoms. The van der Waals surface area contributed by atoms with Gasteiger partial charge >= 0.3 is 0 Å². The zero-order valence-electron chi connectivity index (χ0n) is 9.12. The molecule has 0 aromatic heterocycles. The number of carbonyl (C=O) groups is 1. The molecule has 1 fully saturated rings. The summed E-state index contributed by atoms with van der Waals surface area (Å²) in [6, 6.07) is 7.49.